The van der Waals surface area contributed by atoms with Crippen molar-refractivity contribution >= 4 is 11.5 Å². The Balaban J connectivity index is 2.73. The predicted octanol–water partition coefficient (Wildman–Crippen LogP) is 2.01. The Hall–Kier alpha value is -2.20. The Labute approximate surface area is 118 Å². The van der Waals surface area contributed by atoms with Gasteiger partial charge < -0.3 is 10.2 Å². The highest BCUT2D eigenvalue weighted by Crippen LogP contribution is 2.25. The predicted molar refractivity (Wildman–Crippen MR) is 76.5 cm³/mol. The van der Waals surface area contributed by atoms with Crippen LogP contribution in [-0.4, -0.2) is 41.0 Å². The molecule has 0 spiro atoms. The molecule has 0 amide bonds. The fourth-order valence-corrected chi connectivity index (χ4v) is 1.94. The molecule has 7 heteroatoms. The molecule has 7 nitrogen and oxygen atoms in total. The van der Waals surface area contributed by atoms with Gasteiger partial charge in [0, 0.05) is 19.3 Å². The van der Waals surface area contributed by atoms with Crippen LogP contribution in [0.5, 0.6) is 0 Å². The van der Waals surface area contributed by atoms with E-state index in [9.17, 15) is 10.1 Å². The lowest BCUT2D eigenvalue weighted by Gasteiger charge is -2.19. The van der Waals surface area contributed by atoms with Gasteiger partial charge in [-0.3, -0.25) is 10.1 Å². The number of pyridine rings is 1. The molecule has 1 heterocycles. The first kappa shape index (κ1) is 15.9. The van der Waals surface area contributed by atoms with Crippen LogP contribution in [0.2, 0.25) is 0 Å². The first-order valence-electron chi connectivity index (χ1n) is 6.63. The van der Waals surface area contributed by atoms with E-state index in [4.69, 9.17) is 5.26 Å². The second-order valence-electron chi connectivity index (χ2n) is 4.29. The number of hydrogen-bond acceptors (Lipinski definition) is 6. The zero-order chi connectivity index (χ0) is 15.0. The topological polar surface area (TPSA) is 95.1 Å². The summed E-state index contributed by atoms with van der Waals surface area (Å²) in [4.78, 5) is 16.6. The van der Waals surface area contributed by atoms with Crippen LogP contribution in [0, 0.1) is 21.4 Å². The molecule has 0 aliphatic heterocycles. The van der Waals surface area contributed by atoms with Crippen molar-refractivity contribution in [3.05, 3.63) is 27.9 Å². The first-order chi connectivity index (χ1) is 9.63. The highest BCUT2D eigenvalue weighted by Gasteiger charge is 2.20. The Kier molecular flexibility index (Phi) is 6.40. The number of likely N-dealkylation sites (N-methyl/N-ethyl adjacent to an activating group) is 1. The summed E-state index contributed by atoms with van der Waals surface area (Å²) in [6.07, 6.45) is 2.47. The van der Waals surface area contributed by atoms with E-state index in [2.05, 4.69) is 29.0 Å². The smallest absolute Gasteiger partial charge is 0.328 e. The Bertz CT molecular complexity index is 498. The zero-order valence-electron chi connectivity index (χ0n) is 11.8. The van der Waals surface area contributed by atoms with Crippen molar-refractivity contribution < 1.29 is 4.92 Å². The number of nitro groups is 1. The van der Waals surface area contributed by atoms with Gasteiger partial charge in [-0.1, -0.05) is 13.8 Å². The number of nitrogens with one attached hydrogen (secondary N) is 1. The lowest BCUT2D eigenvalue weighted by molar-refractivity contribution is -0.384. The van der Waals surface area contributed by atoms with Crippen molar-refractivity contribution in [3.63, 3.8) is 0 Å². The van der Waals surface area contributed by atoms with E-state index >= 15 is 0 Å². The van der Waals surface area contributed by atoms with Gasteiger partial charge in [0.1, 0.15) is 11.6 Å². The summed E-state index contributed by atoms with van der Waals surface area (Å²) in [6.45, 7) is 7.44. The van der Waals surface area contributed by atoms with Crippen molar-refractivity contribution in [2.45, 2.75) is 20.3 Å². The summed E-state index contributed by atoms with van der Waals surface area (Å²) >= 11 is 0. The molecule has 0 atom stereocenters. The van der Waals surface area contributed by atoms with Crippen LogP contribution in [0.25, 0.3) is 0 Å². The lowest BCUT2D eigenvalue weighted by atomic mass is 10.2. The second-order valence-corrected chi connectivity index (χ2v) is 4.29. The van der Waals surface area contributed by atoms with Gasteiger partial charge >= 0.3 is 5.69 Å². The van der Waals surface area contributed by atoms with E-state index in [-0.39, 0.29) is 17.1 Å². The average molecular weight is 277 g/mol. The van der Waals surface area contributed by atoms with Gasteiger partial charge in [-0.15, -0.1) is 0 Å². The molecule has 1 aromatic rings. The molecule has 0 radical (unpaired) electrons. The molecular formula is C13H19N5O2. The standard InChI is InChI=1S/C13H19N5O2/c1-3-8-17(4-2)9-7-16-13-12(18(19)20)11(10-14)5-6-15-13/h5-6H,3-4,7-9H2,1-2H3,(H,15,16). The highest BCUT2D eigenvalue weighted by atomic mass is 16.6. The Morgan fingerprint density at radius 2 is 2.25 bits per heavy atom. The van der Waals surface area contributed by atoms with Crippen LogP contribution < -0.4 is 5.32 Å². The molecule has 1 rings (SSSR count). The van der Waals surface area contributed by atoms with Crippen molar-refractivity contribution in [2.75, 3.05) is 31.5 Å². The molecule has 0 bridgehead atoms. The molecule has 0 aromatic carbocycles. The van der Waals surface area contributed by atoms with Gasteiger partial charge in [0.05, 0.1) is 4.92 Å². The van der Waals surface area contributed by atoms with Crippen LogP contribution in [0.3, 0.4) is 0 Å². The molecule has 1 N–H and O–H groups in total. The second kappa shape index (κ2) is 8.07. The molecule has 0 aliphatic carbocycles. The van der Waals surface area contributed by atoms with E-state index in [0.29, 0.717) is 6.54 Å². The highest BCUT2D eigenvalue weighted by molar-refractivity contribution is 5.63. The van der Waals surface area contributed by atoms with Crippen LogP contribution in [0.1, 0.15) is 25.8 Å². The summed E-state index contributed by atoms with van der Waals surface area (Å²) < 4.78 is 0. The van der Waals surface area contributed by atoms with E-state index in [1.54, 1.807) is 0 Å². The van der Waals surface area contributed by atoms with Crippen LogP contribution in [-0.2, 0) is 0 Å². The quantitative estimate of drug-likeness (QED) is 0.577. The summed E-state index contributed by atoms with van der Waals surface area (Å²) in [5.74, 6) is 0.154. The van der Waals surface area contributed by atoms with Crippen molar-refractivity contribution in [1.29, 1.82) is 5.26 Å². The van der Waals surface area contributed by atoms with E-state index < -0.39 is 4.92 Å². The third kappa shape index (κ3) is 4.17. The first-order valence-corrected chi connectivity index (χ1v) is 6.63. The third-order valence-corrected chi connectivity index (χ3v) is 2.93. The maximum absolute atomic E-state index is 11.0. The summed E-state index contributed by atoms with van der Waals surface area (Å²) in [7, 11) is 0. The fourth-order valence-electron chi connectivity index (χ4n) is 1.94. The minimum Gasteiger partial charge on any atom is -0.363 e. The molecule has 0 saturated carbocycles. The number of nitriles is 1. The molecule has 0 saturated heterocycles. The number of aromatic nitrogens is 1. The number of nitrogens with zero attached hydrogens (tertiary/aromatic N) is 4. The number of rotatable bonds is 8. The van der Waals surface area contributed by atoms with Gasteiger partial charge in [0.15, 0.2) is 0 Å². The normalized spacial score (nSPS) is 10.3. The lowest BCUT2D eigenvalue weighted by Crippen LogP contribution is -2.29. The SMILES string of the molecule is CCCN(CC)CCNc1nccc(C#N)c1[N+](=O)[O-]. The summed E-state index contributed by atoms with van der Waals surface area (Å²) in [5, 5.41) is 22.9. The molecule has 0 unspecified atom stereocenters. The average Bonchev–Trinajstić information content (AvgIpc) is 2.45. The van der Waals surface area contributed by atoms with Gasteiger partial charge in [-0.25, -0.2) is 4.98 Å². The molecule has 0 aliphatic rings. The zero-order valence-corrected chi connectivity index (χ0v) is 11.8. The summed E-state index contributed by atoms with van der Waals surface area (Å²) in [6, 6.07) is 3.16. The van der Waals surface area contributed by atoms with Crippen LogP contribution in [0.4, 0.5) is 11.5 Å². The van der Waals surface area contributed by atoms with Crippen molar-refractivity contribution in [2.24, 2.45) is 0 Å². The molecular weight excluding hydrogens is 258 g/mol. The minimum absolute atomic E-state index is 0.0217. The minimum atomic E-state index is -0.572. The van der Waals surface area contributed by atoms with Crippen LogP contribution >= 0.6 is 0 Å². The van der Waals surface area contributed by atoms with Gasteiger partial charge in [-0.05, 0) is 25.6 Å². The molecule has 1 aromatic heterocycles. The van der Waals surface area contributed by atoms with E-state index in [1.165, 1.54) is 12.3 Å². The maximum Gasteiger partial charge on any atom is 0.328 e. The number of anilines is 1. The van der Waals surface area contributed by atoms with Crippen molar-refractivity contribution in [3.8, 4) is 6.07 Å². The Morgan fingerprint density at radius 1 is 1.50 bits per heavy atom. The third-order valence-electron chi connectivity index (χ3n) is 2.93. The van der Waals surface area contributed by atoms with Crippen LogP contribution in [0.15, 0.2) is 12.3 Å². The van der Waals surface area contributed by atoms with Gasteiger partial charge in [0.25, 0.3) is 0 Å². The fraction of sp³-hybridized carbons (Fsp3) is 0.538. The number of hydrogen-bond donors (Lipinski definition) is 1. The largest absolute Gasteiger partial charge is 0.363 e. The molecule has 108 valence electrons. The maximum atomic E-state index is 11.0. The van der Waals surface area contributed by atoms with Gasteiger partial charge in [-0.2, -0.15) is 5.26 Å². The molecule has 0 fully saturated rings. The van der Waals surface area contributed by atoms with Crippen molar-refractivity contribution in [1.82, 2.24) is 9.88 Å². The van der Waals surface area contributed by atoms with E-state index in [0.717, 1.165) is 26.1 Å². The summed E-state index contributed by atoms with van der Waals surface area (Å²) in [5.41, 5.74) is -0.234. The molecule has 20 heavy (non-hydrogen) atoms. The Morgan fingerprint density at radius 3 is 2.80 bits per heavy atom. The van der Waals surface area contributed by atoms with E-state index in [1.807, 2.05) is 6.07 Å². The van der Waals surface area contributed by atoms with Gasteiger partial charge in [0.2, 0.25) is 5.82 Å². The monoisotopic (exact) mass is 277 g/mol.